The SMILES string of the molecule is COC(c1nc(=S)c(Br)c(CC(C)C)[nH]1)C(C)(C)C. The molecule has 19 heavy (non-hydrogen) atoms. The molecule has 0 aliphatic rings. The number of aromatic nitrogens is 2. The van der Waals surface area contributed by atoms with Crippen LogP contribution in [0.1, 0.15) is 52.2 Å². The summed E-state index contributed by atoms with van der Waals surface area (Å²) in [5.74, 6) is 1.35. The zero-order chi connectivity index (χ0) is 14.8. The summed E-state index contributed by atoms with van der Waals surface area (Å²) in [6.07, 6.45) is 0.827. The number of H-pyrrole nitrogens is 1. The number of methoxy groups -OCH3 is 1. The maximum absolute atomic E-state index is 5.60. The molecule has 0 aromatic carbocycles. The van der Waals surface area contributed by atoms with E-state index in [0.29, 0.717) is 10.6 Å². The molecule has 108 valence electrons. The molecule has 1 N–H and O–H groups in total. The van der Waals surface area contributed by atoms with Crippen molar-refractivity contribution in [1.82, 2.24) is 9.97 Å². The molecule has 1 atom stereocenters. The molecule has 1 aromatic rings. The highest BCUT2D eigenvalue weighted by Crippen LogP contribution is 2.34. The fourth-order valence-corrected chi connectivity index (χ4v) is 2.64. The second kappa shape index (κ2) is 6.46. The van der Waals surface area contributed by atoms with Gasteiger partial charge in [0.15, 0.2) is 0 Å². The van der Waals surface area contributed by atoms with Gasteiger partial charge in [-0.2, -0.15) is 0 Å². The van der Waals surface area contributed by atoms with E-state index in [1.807, 2.05) is 0 Å². The minimum Gasteiger partial charge on any atom is -0.373 e. The number of hydrogen-bond acceptors (Lipinski definition) is 3. The first-order valence-electron chi connectivity index (χ1n) is 6.48. The Morgan fingerprint density at radius 3 is 2.37 bits per heavy atom. The second-order valence-corrected chi connectivity index (χ2v) is 7.48. The lowest BCUT2D eigenvalue weighted by atomic mass is 9.88. The zero-order valence-corrected chi connectivity index (χ0v) is 14.9. The normalized spacial score (nSPS) is 13.9. The molecule has 0 aliphatic heterocycles. The van der Waals surface area contributed by atoms with Gasteiger partial charge in [0.25, 0.3) is 0 Å². The average molecular weight is 347 g/mol. The number of nitrogens with zero attached hydrogens (tertiary/aromatic N) is 1. The number of hydrogen-bond donors (Lipinski definition) is 1. The smallest absolute Gasteiger partial charge is 0.144 e. The summed E-state index contributed by atoms with van der Waals surface area (Å²) < 4.78 is 7.09. The Kier molecular flexibility index (Phi) is 5.71. The quantitative estimate of drug-likeness (QED) is 0.793. The predicted molar refractivity (Wildman–Crippen MR) is 84.9 cm³/mol. The van der Waals surface area contributed by atoms with E-state index in [9.17, 15) is 0 Å². The van der Waals surface area contributed by atoms with Gasteiger partial charge in [-0.25, -0.2) is 4.98 Å². The molecule has 1 heterocycles. The molecule has 5 heteroatoms. The van der Waals surface area contributed by atoms with Crippen LogP contribution in [-0.2, 0) is 11.2 Å². The van der Waals surface area contributed by atoms with Crippen molar-refractivity contribution in [2.45, 2.75) is 47.1 Å². The Balaban J connectivity index is 3.30. The van der Waals surface area contributed by atoms with E-state index in [1.165, 1.54) is 0 Å². The van der Waals surface area contributed by atoms with Crippen molar-refractivity contribution < 1.29 is 4.74 Å². The van der Waals surface area contributed by atoms with Crippen molar-refractivity contribution in [3.05, 3.63) is 20.6 Å². The summed E-state index contributed by atoms with van der Waals surface area (Å²) in [5.41, 5.74) is 1.06. The molecule has 1 aromatic heterocycles. The molecule has 0 bridgehead atoms. The van der Waals surface area contributed by atoms with E-state index < -0.39 is 0 Å². The van der Waals surface area contributed by atoms with Crippen LogP contribution in [0.5, 0.6) is 0 Å². The van der Waals surface area contributed by atoms with Gasteiger partial charge in [-0.3, -0.25) is 0 Å². The van der Waals surface area contributed by atoms with Crippen LogP contribution in [0.15, 0.2) is 4.47 Å². The Morgan fingerprint density at radius 1 is 1.37 bits per heavy atom. The van der Waals surface area contributed by atoms with Crippen molar-refractivity contribution in [2.75, 3.05) is 7.11 Å². The lowest BCUT2D eigenvalue weighted by Gasteiger charge is -2.29. The van der Waals surface area contributed by atoms with Gasteiger partial charge in [-0.15, -0.1) is 0 Å². The lowest BCUT2D eigenvalue weighted by molar-refractivity contribution is 0.00837. The van der Waals surface area contributed by atoms with Gasteiger partial charge in [0.05, 0.1) is 4.47 Å². The predicted octanol–water partition coefficient (Wildman–Crippen LogP) is 4.83. The third-order valence-electron chi connectivity index (χ3n) is 2.84. The fourth-order valence-electron chi connectivity index (χ4n) is 2.07. The molecule has 0 saturated carbocycles. The van der Waals surface area contributed by atoms with Crippen molar-refractivity contribution in [2.24, 2.45) is 11.3 Å². The van der Waals surface area contributed by atoms with Crippen molar-refractivity contribution in [1.29, 1.82) is 0 Å². The Morgan fingerprint density at radius 2 is 1.95 bits per heavy atom. The third kappa shape index (κ3) is 4.36. The van der Waals surface area contributed by atoms with Crippen LogP contribution in [0, 0.1) is 16.0 Å². The van der Waals surface area contributed by atoms with Crippen molar-refractivity contribution >= 4 is 28.1 Å². The standard InChI is InChI=1S/C14H23BrN2OS/c1-8(2)7-9-10(15)13(19)17-12(16-9)11(18-6)14(3,4)5/h8,11H,7H2,1-6H3,(H,16,17,19). The van der Waals surface area contributed by atoms with Crippen LogP contribution in [0.25, 0.3) is 0 Å². The first kappa shape index (κ1) is 16.8. The minimum atomic E-state index is -0.104. The molecule has 0 aliphatic carbocycles. The van der Waals surface area contributed by atoms with E-state index in [-0.39, 0.29) is 11.5 Å². The number of ether oxygens (including phenoxy) is 1. The van der Waals surface area contributed by atoms with Gasteiger partial charge in [0.1, 0.15) is 16.6 Å². The minimum absolute atomic E-state index is 0.0387. The summed E-state index contributed by atoms with van der Waals surface area (Å²) >= 11 is 8.86. The maximum atomic E-state index is 5.60. The molecule has 0 fully saturated rings. The molecule has 3 nitrogen and oxygen atoms in total. The highest BCUT2D eigenvalue weighted by molar-refractivity contribution is 9.10. The summed E-state index contributed by atoms with van der Waals surface area (Å²) in [5, 5.41) is 0. The van der Waals surface area contributed by atoms with Gasteiger partial charge in [-0.05, 0) is 33.7 Å². The topological polar surface area (TPSA) is 37.9 Å². The molecular weight excluding hydrogens is 324 g/mol. The summed E-state index contributed by atoms with van der Waals surface area (Å²) in [4.78, 5) is 7.86. The van der Waals surface area contributed by atoms with E-state index in [2.05, 4.69) is 60.5 Å². The third-order valence-corrected chi connectivity index (χ3v) is 4.25. The first-order chi connectivity index (χ1) is 8.66. The van der Waals surface area contributed by atoms with Gasteiger partial charge >= 0.3 is 0 Å². The Hall–Kier alpha value is -0.260. The molecule has 1 unspecified atom stereocenters. The Bertz CT molecular complexity index is 491. The summed E-state index contributed by atoms with van der Waals surface area (Å²) in [6, 6.07) is 0. The van der Waals surface area contributed by atoms with Crippen LogP contribution in [0.3, 0.4) is 0 Å². The largest absolute Gasteiger partial charge is 0.373 e. The highest BCUT2D eigenvalue weighted by Gasteiger charge is 2.28. The molecule has 0 radical (unpaired) electrons. The molecule has 0 saturated heterocycles. The van der Waals surface area contributed by atoms with Crippen LogP contribution < -0.4 is 0 Å². The number of nitrogens with one attached hydrogen (secondary N) is 1. The van der Waals surface area contributed by atoms with E-state index in [0.717, 1.165) is 22.4 Å². The van der Waals surface area contributed by atoms with Gasteiger partial charge in [-0.1, -0.05) is 46.8 Å². The Labute approximate surface area is 129 Å². The highest BCUT2D eigenvalue weighted by atomic mass is 79.9. The number of aromatic amines is 1. The molecule has 0 spiro atoms. The monoisotopic (exact) mass is 346 g/mol. The lowest BCUT2D eigenvalue weighted by Crippen LogP contribution is -2.23. The van der Waals surface area contributed by atoms with Crippen LogP contribution in [0.4, 0.5) is 0 Å². The number of rotatable bonds is 4. The summed E-state index contributed by atoms with van der Waals surface area (Å²) in [7, 11) is 1.71. The van der Waals surface area contributed by atoms with Crippen LogP contribution in [-0.4, -0.2) is 17.1 Å². The zero-order valence-electron chi connectivity index (χ0n) is 12.5. The van der Waals surface area contributed by atoms with Crippen LogP contribution in [0.2, 0.25) is 0 Å². The van der Waals surface area contributed by atoms with E-state index in [1.54, 1.807) is 7.11 Å². The molecular formula is C14H23BrN2OS. The molecule has 1 rings (SSSR count). The van der Waals surface area contributed by atoms with Crippen LogP contribution >= 0.6 is 28.1 Å². The van der Waals surface area contributed by atoms with E-state index in [4.69, 9.17) is 17.0 Å². The molecule has 0 amide bonds. The van der Waals surface area contributed by atoms with Gasteiger partial charge < -0.3 is 9.72 Å². The van der Waals surface area contributed by atoms with Gasteiger partial charge in [0.2, 0.25) is 0 Å². The second-order valence-electron chi connectivity index (χ2n) is 6.30. The fraction of sp³-hybridized carbons (Fsp3) is 0.714. The first-order valence-corrected chi connectivity index (χ1v) is 7.68. The maximum Gasteiger partial charge on any atom is 0.144 e. The van der Waals surface area contributed by atoms with Crippen molar-refractivity contribution in [3.63, 3.8) is 0 Å². The number of halogens is 1. The van der Waals surface area contributed by atoms with E-state index >= 15 is 0 Å². The van der Waals surface area contributed by atoms with Crippen molar-refractivity contribution in [3.8, 4) is 0 Å². The average Bonchev–Trinajstić information content (AvgIpc) is 2.23. The van der Waals surface area contributed by atoms with Gasteiger partial charge in [0, 0.05) is 12.8 Å². The summed E-state index contributed by atoms with van der Waals surface area (Å²) in [6.45, 7) is 10.7.